The second kappa shape index (κ2) is 5.43. The molecule has 6 nitrogen and oxygen atoms in total. The van der Waals surface area contributed by atoms with Gasteiger partial charge in [0.25, 0.3) is 0 Å². The van der Waals surface area contributed by atoms with Gasteiger partial charge in [-0.3, -0.25) is 0 Å². The summed E-state index contributed by atoms with van der Waals surface area (Å²) in [6.07, 6.45) is 0.275. The summed E-state index contributed by atoms with van der Waals surface area (Å²) >= 11 is 0. The van der Waals surface area contributed by atoms with E-state index in [4.69, 9.17) is 5.11 Å². The number of nitrogens with one attached hydrogen (secondary N) is 1. The number of likely N-dealkylation sites (tertiary alicyclic amines) is 1. The number of carbonyl (C=O) groups is 2. The molecule has 86 valence electrons. The Labute approximate surface area is 88.2 Å². The van der Waals surface area contributed by atoms with Crippen LogP contribution in [0.4, 0.5) is 9.59 Å². The number of piperidine rings is 1. The smallest absolute Gasteiger partial charge is 0.407 e. The van der Waals surface area contributed by atoms with Crippen molar-refractivity contribution in [1.82, 2.24) is 10.2 Å². The summed E-state index contributed by atoms with van der Waals surface area (Å²) in [6, 6.07) is 0. The molecule has 15 heavy (non-hydrogen) atoms. The fraction of sp³-hybridized carbons (Fsp3) is 0.778. The first-order valence-corrected chi connectivity index (χ1v) is 4.93. The van der Waals surface area contributed by atoms with Crippen LogP contribution >= 0.6 is 0 Å². The monoisotopic (exact) mass is 216 g/mol. The Morgan fingerprint density at radius 3 is 2.53 bits per heavy atom. The van der Waals surface area contributed by atoms with Gasteiger partial charge in [-0.1, -0.05) is 0 Å². The minimum absolute atomic E-state index is 0.347. The first-order valence-electron chi connectivity index (χ1n) is 4.93. The molecule has 2 N–H and O–H groups in total. The maximum Gasteiger partial charge on any atom is 0.407 e. The van der Waals surface area contributed by atoms with Gasteiger partial charge in [0.05, 0.1) is 7.11 Å². The SMILES string of the molecule is COC(=O)NCC1CCN(C(=O)O)CC1. The van der Waals surface area contributed by atoms with Crippen molar-refractivity contribution in [1.29, 1.82) is 0 Å². The van der Waals surface area contributed by atoms with Crippen LogP contribution in [0.2, 0.25) is 0 Å². The van der Waals surface area contributed by atoms with E-state index in [-0.39, 0.29) is 0 Å². The lowest BCUT2D eigenvalue weighted by Gasteiger charge is -2.29. The van der Waals surface area contributed by atoms with Crippen LogP contribution in [-0.4, -0.2) is 48.9 Å². The predicted octanol–water partition coefficient (Wildman–Crippen LogP) is 0.732. The molecule has 0 bridgehead atoms. The molecule has 6 heteroatoms. The Kier molecular flexibility index (Phi) is 4.20. The van der Waals surface area contributed by atoms with Crippen LogP contribution in [0.1, 0.15) is 12.8 Å². The Hall–Kier alpha value is -1.46. The van der Waals surface area contributed by atoms with E-state index in [1.807, 2.05) is 0 Å². The molecule has 1 heterocycles. The second-order valence-corrected chi connectivity index (χ2v) is 3.59. The van der Waals surface area contributed by atoms with Crippen LogP contribution < -0.4 is 5.32 Å². The molecule has 0 aromatic rings. The molecular weight excluding hydrogens is 200 g/mol. The molecule has 0 aromatic carbocycles. The van der Waals surface area contributed by atoms with Crippen LogP contribution in [-0.2, 0) is 4.74 Å². The van der Waals surface area contributed by atoms with E-state index in [9.17, 15) is 9.59 Å². The molecule has 1 aliphatic rings. The lowest BCUT2D eigenvalue weighted by molar-refractivity contribution is 0.122. The topological polar surface area (TPSA) is 78.9 Å². The number of amides is 2. The van der Waals surface area contributed by atoms with Gasteiger partial charge in [-0.2, -0.15) is 0 Å². The van der Waals surface area contributed by atoms with Crippen LogP contribution in [0.15, 0.2) is 0 Å². The van der Waals surface area contributed by atoms with Gasteiger partial charge in [-0.15, -0.1) is 0 Å². The number of carbonyl (C=O) groups excluding carboxylic acids is 1. The summed E-state index contributed by atoms with van der Waals surface area (Å²) in [5.41, 5.74) is 0. The molecule has 0 aliphatic carbocycles. The van der Waals surface area contributed by atoms with Gasteiger partial charge in [0.2, 0.25) is 0 Å². The number of methoxy groups -OCH3 is 1. The quantitative estimate of drug-likeness (QED) is 0.713. The van der Waals surface area contributed by atoms with Crippen LogP contribution in [0.5, 0.6) is 0 Å². The third kappa shape index (κ3) is 3.65. The van der Waals surface area contributed by atoms with Crippen molar-refractivity contribution >= 4 is 12.2 Å². The minimum Gasteiger partial charge on any atom is -0.465 e. The molecule has 0 spiro atoms. The number of rotatable bonds is 2. The molecule has 1 rings (SSSR count). The van der Waals surface area contributed by atoms with Crippen LogP contribution in [0.3, 0.4) is 0 Å². The number of hydrogen-bond donors (Lipinski definition) is 2. The van der Waals surface area contributed by atoms with E-state index < -0.39 is 12.2 Å². The number of hydrogen-bond acceptors (Lipinski definition) is 3. The number of nitrogens with zero attached hydrogens (tertiary/aromatic N) is 1. The Morgan fingerprint density at radius 2 is 2.07 bits per heavy atom. The third-order valence-corrected chi connectivity index (χ3v) is 2.61. The van der Waals surface area contributed by atoms with Gasteiger partial charge in [0.15, 0.2) is 0 Å². The average molecular weight is 216 g/mol. The molecule has 0 radical (unpaired) electrons. The summed E-state index contributed by atoms with van der Waals surface area (Å²) in [5, 5.41) is 11.3. The molecule has 0 saturated carbocycles. The highest BCUT2D eigenvalue weighted by Gasteiger charge is 2.22. The molecule has 2 amide bonds. The zero-order valence-corrected chi connectivity index (χ0v) is 8.73. The maximum atomic E-state index is 10.8. The average Bonchev–Trinajstić information content (AvgIpc) is 2.26. The molecule has 0 atom stereocenters. The van der Waals surface area contributed by atoms with Crippen molar-refractivity contribution < 1.29 is 19.4 Å². The van der Waals surface area contributed by atoms with Gasteiger partial charge >= 0.3 is 12.2 Å². The number of ether oxygens (including phenoxy) is 1. The standard InChI is InChI=1S/C9H16N2O4/c1-15-8(12)10-6-7-2-4-11(5-3-7)9(13)14/h7H,2-6H2,1H3,(H,10,12)(H,13,14). The third-order valence-electron chi connectivity index (χ3n) is 2.61. The molecule has 0 unspecified atom stereocenters. The van der Waals surface area contributed by atoms with Crippen LogP contribution in [0, 0.1) is 5.92 Å². The lowest BCUT2D eigenvalue weighted by Crippen LogP contribution is -2.40. The van der Waals surface area contributed by atoms with E-state index in [1.165, 1.54) is 12.0 Å². The molecule has 1 aliphatic heterocycles. The van der Waals surface area contributed by atoms with Crippen molar-refractivity contribution in [3.05, 3.63) is 0 Å². The first kappa shape index (κ1) is 11.6. The highest BCUT2D eigenvalue weighted by atomic mass is 16.5. The highest BCUT2D eigenvalue weighted by molar-refractivity contribution is 5.67. The zero-order chi connectivity index (χ0) is 11.3. The van der Waals surface area contributed by atoms with Gasteiger partial charge in [0.1, 0.15) is 0 Å². The zero-order valence-electron chi connectivity index (χ0n) is 8.73. The molecule has 1 fully saturated rings. The van der Waals surface area contributed by atoms with Crippen molar-refractivity contribution in [2.45, 2.75) is 12.8 Å². The van der Waals surface area contributed by atoms with E-state index in [2.05, 4.69) is 10.1 Å². The lowest BCUT2D eigenvalue weighted by atomic mass is 9.97. The van der Waals surface area contributed by atoms with Crippen molar-refractivity contribution in [3.8, 4) is 0 Å². The summed E-state index contributed by atoms with van der Waals surface area (Å²) in [4.78, 5) is 22.8. The minimum atomic E-state index is -0.866. The predicted molar refractivity (Wildman–Crippen MR) is 52.7 cm³/mol. The summed E-state index contributed by atoms with van der Waals surface area (Å²) in [5.74, 6) is 0.347. The van der Waals surface area contributed by atoms with E-state index in [1.54, 1.807) is 0 Å². The van der Waals surface area contributed by atoms with E-state index >= 15 is 0 Å². The fourth-order valence-electron chi connectivity index (χ4n) is 1.63. The van der Waals surface area contributed by atoms with Gasteiger partial charge in [0, 0.05) is 19.6 Å². The number of carboxylic acid groups (broad SMARTS) is 1. The van der Waals surface area contributed by atoms with Crippen molar-refractivity contribution in [2.75, 3.05) is 26.7 Å². The Bertz CT molecular complexity index is 236. The van der Waals surface area contributed by atoms with E-state index in [0.29, 0.717) is 25.6 Å². The van der Waals surface area contributed by atoms with Crippen molar-refractivity contribution in [3.63, 3.8) is 0 Å². The molecular formula is C9H16N2O4. The normalized spacial score (nSPS) is 17.3. The van der Waals surface area contributed by atoms with Crippen LogP contribution in [0.25, 0.3) is 0 Å². The highest BCUT2D eigenvalue weighted by Crippen LogP contribution is 2.16. The first-order chi connectivity index (χ1) is 7.13. The maximum absolute atomic E-state index is 10.8. The second-order valence-electron chi connectivity index (χ2n) is 3.59. The Morgan fingerprint density at radius 1 is 1.47 bits per heavy atom. The van der Waals surface area contributed by atoms with Gasteiger partial charge < -0.3 is 20.1 Å². The summed E-state index contributed by atoms with van der Waals surface area (Å²) < 4.78 is 4.45. The Balaban J connectivity index is 2.20. The summed E-state index contributed by atoms with van der Waals surface area (Å²) in [6.45, 7) is 1.64. The van der Waals surface area contributed by atoms with Crippen molar-refractivity contribution in [2.24, 2.45) is 5.92 Å². The number of alkyl carbamates (subject to hydrolysis) is 1. The van der Waals surface area contributed by atoms with Gasteiger partial charge in [-0.05, 0) is 18.8 Å². The fourth-order valence-corrected chi connectivity index (χ4v) is 1.63. The molecule has 1 saturated heterocycles. The van der Waals surface area contributed by atoms with Gasteiger partial charge in [-0.25, -0.2) is 9.59 Å². The molecule has 0 aromatic heterocycles. The summed E-state index contributed by atoms with van der Waals surface area (Å²) in [7, 11) is 1.32. The largest absolute Gasteiger partial charge is 0.465 e. The van der Waals surface area contributed by atoms with E-state index in [0.717, 1.165) is 12.8 Å².